The van der Waals surface area contributed by atoms with Gasteiger partial charge in [0.15, 0.2) is 5.69 Å². The van der Waals surface area contributed by atoms with Crippen molar-refractivity contribution in [3.8, 4) is 0 Å². The molecule has 1 unspecified atom stereocenters. The molecule has 15 heavy (non-hydrogen) atoms. The number of nitrogens with two attached hydrogens (primary N) is 1. The number of nitrogens with one attached hydrogen (secondary N) is 1. The molecule has 0 aliphatic rings. The third-order valence-corrected chi connectivity index (χ3v) is 1.87. The molecule has 4 nitrogen and oxygen atoms in total. The van der Waals surface area contributed by atoms with E-state index in [2.05, 4.69) is 9.97 Å². The molecule has 0 radical (unpaired) electrons. The van der Waals surface area contributed by atoms with Gasteiger partial charge in [0, 0.05) is 18.5 Å². The van der Waals surface area contributed by atoms with E-state index in [4.69, 9.17) is 5.73 Å². The van der Waals surface area contributed by atoms with E-state index in [-0.39, 0.29) is 12.4 Å². The van der Waals surface area contributed by atoms with Crippen LogP contribution in [0.5, 0.6) is 0 Å². The molecule has 0 aromatic carbocycles. The van der Waals surface area contributed by atoms with E-state index in [1.807, 2.05) is 0 Å². The second kappa shape index (κ2) is 4.01. The number of H-pyrrole nitrogens is 1. The third kappa shape index (κ3) is 2.79. The lowest BCUT2D eigenvalue weighted by Gasteiger charge is -2.10. The van der Waals surface area contributed by atoms with Crippen LogP contribution in [0.2, 0.25) is 0 Å². The Morgan fingerprint density at radius 2 is 2.20 bits per heavy atom. The first-order chi connectivity index (χ1) is 6.84. The van der Waals surface area contributed by atoms with Crippen LogP contribution in [-0.2, 0) is 6.18 Å². The summed E-state index contributed by atoms with van der Waals surface area (Å²) in [6.07, 6.45) is -4.61. The average molecular weight is 221 g/mol. The molecular weight excluding hydrogens is 211 g/mol. The van der Waals surface area contributed by atoms with E-state index in [1.54, 1.807) is 6.92 Å². The van der Waals surface area contributed by atoms with E-state index in [9.17, 15) is 18.0 Å². The van der Waals surface area contributed by atoms with Crippen LogP contribution < -0.4 is 11.3 Å². The fourth-order valence-electron chi connectivity index (χ4n) is 0.967. The van der Waals surface area contributed by atoms with Crippen molar-refractivity contribution in [1.29, 1.82) is 0 Å². The van der Waals surface area contributed by atoms with Crippen molar-refractivity contribution >= 4 is 0 Å². The third-order valence-electron chi connectivity index (χ3n) is 1.87. The molecule has 1 aromatic heterocycles. The Labute approximate surface area is 83.3 Å². The highest BCUT2D eigenvalue weighted by Gasteiger charge is 2.33. The molecule has 1 rings (SSSR count). The Morgan fingerprint density at radius 3 is 2.67 bits per heavy atom. The number of alkyl halides is 3. The molecule has 0 aliphatic carbocycles. The monoisotopic (exact) mass is 221 g/mol. The zero-order chi connectivity index (χ0) is 11.6. The molecule has 0 aliphatic heterocycles. The van der Waals surface area contributed by atoms with Crippen molar-refractivity contribution in [3.05, 3.63) is 27.9 Å². The lowest BCUT2D eigenvalue weighted by molar-refractivity contribution is -0.141. The first-order valence-electron chi connectivity index (χ1n) is 4.23. The Balaban J connectivity index is 3.23. The number of hydrogen-bond donors (Lipinski definition) is 2. The summed E-state index contributed by atoms with van der Waals surface area (Å²) in [7, 11) is 0. The van der Waals surface area contributed by atoms with Crippen molar-refractivity contribution in [1.82, 2.24) is 9.97 Å². The molecule has 84 valence electrons. The van der Waals surface area contributed by atoms with Crippen molar-refractivity contribution in [2.45, 2.75) is 19.0 Å². The van der Waals surface area contributed by atoms with Crippen LogP contribution in [0.1, 0.15) is 24.4 Å². The van der Waals surface area contributed by atoms with Crippen LogP contribution in [-0.4, -0.2) is 16.5 Å². The van der Waals surface area contributed by atoms with Gasteiger partial charge in [-0.1, -0.05) is 6.92 Å². The molecule has 0 bridgehead atoms. The summed E-state index contributed by atoms with van der Waals surface area (Å²) in [6, 6.07) is 0.423. The lowest BCUT2D eigenvalue weighted by atomic mass is 10.1. The second-order valence-corrected chi connectivity index (χ2v) is 3.15. The molecule has 0 saturated carbocycles. The normalized spacial score (nSPS) is 13.9. The zero-order valence-electron chi connectivity index (χ0n) is 7.93. The maximum atomic E-state index is 12.3. The maximum Gasteiger partial charge on any atom is 0.433 e. The lowest BCUT2D eigenvalue weighted by Crippen LogP contribution is -2.22. The van der Waals surface area contributed by atoms with E-state index in [1.165, 1.54) is 0 Å². The minimum atomic E-state index is -4.61. The van der Waals surface area contributed by atoms with Gasteiger partial charge in [0.05, 0.1) is 0 Å². The summed E-state index contributed by atoms with van der Waals surface area (Å²) in [5, 5.41) is 0. The van der Waals surface area contributed by atoms with Crippen molar-refractivity contribution < 1.29 is 13.2 Å². The predicted octanol–water partition coefficient (Wildman–Crippen LogP) is 0.851. The molecule has 1 heterocycles. The van der Waals surface area contributed by atoms with Gasteiger partial charge in [0.2, 0.25) is 0 Å². The Bertz CT molecular complexity index is 399. The van der Waals surface area contributed by atoms with Crippen LogP contribution in [0.25, 0.3) is 0 Å². The number of hydrogen-bond acceptors (Lipinski definition) is 3. The Kier molecular flexibility index (Phi) is 3.13. The molecule has 1 atom stereocenters. The van der Waals surface area contributed by atoms with Crippen molar-refractivity contribution in [3.63, 3.8) is 0 Å². The largest absolute Gasteiger partial charge is 0.433 e. The van der Waals surface area contributed by atoms with E-state index >= 15 is 0 Å². The summed E-state index contributed by atoms with van der Waals surface area (Å²) < 4.78 is 36.8. The highest BCUT2D eigenvalue weighted by atomic mass is 19.4. The van der Waals surface area contributed by atoms with E-state index < -0.39 is 23.3 Å². The van der Waals surface area contributed by atoms with E-state index in [0.717, 1.165) is 0 Å². The maximum absolute atomic E-state index is 12.3. The number of aromatic amines is 1. The van der Waals surface area contributed by atoms with Crippen LogP contribution in [0.15, 0.2) is 10.9 Å². The van der Waals surface area contributed by atoms with Gasteiger partial charge in [0.25, 0.3) is 5.56 Å². The summed E-state index contributed by atoms with van der Waals surface area (Å²) in [5.74, 6) is -0.461. The standard InChI is InChI=1S/C8H10F3N3O/c1-4(3-12)7-13-5(8(9,10)11)2-6(15)14-7/h2,4H,3,12H2,1H3,(H,13,14,15). The highest BCUT2D eigenvalue weighted by molar-refractivity contribution is 5.08. The Morgan fingerprint density at radius 1 is 1.60 bits per heavy atom. The predicted molar refractivity (Wildman–Crippen MR) is 47.3 cm³/mol. The van der Waals surface area contributed by atoms with Crippen LogP contribution in [0, 0.1) is 0 Å². The summed E-state index contributed by atoms with van der Waals surface area (Å²) in [5.41, 5.74) is 3.25. The van der Waals surface area contributed by atoms with Crippen LogP contribution >= 0.6 is 0 Å². The van der Waals surface area contributed by atoms with Crippen LogP contribution in [0.3, 0.4) is 0 Å². The second-order valence-electron chi connectivity index (χ2n) is 3.15. The molecule has 0 fully saturated rings. The van der Waals surface area contributed by atoms with Gasteiger partial charge in [-0.3, -0.25) is 4.79 Å². The quantitative estimate of drug-likeness (QED) is 0.777. The van der Waals surface area contributed by atoms with Gasteiger partial charge in [-0.2, -0.15) is 13.2 Å². The molecular formula is C8H10F3N3O. The topological polar surface area (TPSA) is 71.8 Å². The van der Waals surface area contributed by atoms with Gasteiger partial charge < -0.3 is 10.7 Å². The van der Waals surface area contributed by atoms with Gasteiger partial charge >= 0.3 is 6.18 Å². The van der Waals surface area contributed by atoms with Gasteiger partial charge in [-0.15, -0.1) is 0 Å². The summed E-state index contributed by atoms with van der Waals surface area (Å²) in [6.45, 7) is 1.70. The van der Waals surface area contributed by atoms with Crippen LogP contribution in [0.4, 0.5) is 13.2 Å². The van der Waals surface area contributed by atoms with Crippen molar-refractivity contribution in [2.75, 3.05) is 6.54 Å². The molecule has 0 spiro atoms. The minimum Gasteiger partial charge on any atom is -0.330 e. The van der Waals surface area contributed by atoms with Gasteiger partial charge in [-0.25, -0.2) is 4.98 Å². The smallest absolute Gasteiger partial charge is 0.330 e. The summed E-state index contributed by atoms with van der Waals surface area (Å²) in [4.78, 5) is 16.5. The number of aromatic nitrogens is 2. The molecule has 7 heteroatoms. The average Bonchev–Trinajstić information content (AvgIpc) is 2.14. The Hall–Kier alpha value is -1.37. The number of rotatable bonds is 2. The SMILES string of the molecule is CC(CN)c1nc(C(F)(F)F)cc(=O)[nH]1. The first-order valence-corrected chi connectivity index (χ1v) is 4.23. The van der Waals surface area contributed by atoms with Gasteiger partial charge in [0.1, 0.15) is 5.82 Å². The fraction of sp³-hybridized carbons (Fsp3) is 0.500. The summed E-state index contributed by atoms with van der Waals surface area (Å²) >= 11 is 0. The molecule has 1 aromatic rings. The van der Waals surface area contributed by atoms with Crippen molar-refractivity contribution in [2.24, 2.45) is 5.73 Å². The first kappa shape index (κ1) is 11.7. The number of nitrogens with zero attached hydrogens (tertiary/aromatic N) is 1. The van der Waals surface area contributed by atoms with E-state index in [0.29, 0.717) is 6.07 Å². The minimum absolute atomic E-state index is 0.0441. The molecule has 0 amide bonds. The van der Waals surface area contributed by atoms with Gasteiger partial charge in [-0.05, 0) is 0 Å². The molecule has 3 N–H and O–H groups in total. The fourth-order valence-corrected chi connectivity index (χ4v) is 0.967. The molecule has 0 saturated heterocycles. The highest BCUT2D eigenvalue weighted by Crippen LogP contribution is 2.26. The zero-order valence-corrected chi connectivity index (χ0v) is 7.93. The number of halogens is 3.